The zero-order valence-corrected chi connectivity index (χ0v) is 10.1. The maximum absolute atomic E-state index is 13.5. The molecule has 3 nitrogen and oxygen atoms in total. The number of aldehydes is 1. The second-order valence-corrected chi connectivity index (χ2v) is 4.16. The normalized spacial score (nSPS) is 10.0. The van der Waals surface area contributed by atoms with E-state index in [1.54, 1.807) is 12.3 Å². The molecular formula is C12H7BrFNO2. The van der Waals surface area contributed by atoms with E-state index in [2.05, 4.69) is 20.9 Å². The van der Waals surface area contributed by atoms with Crippen LogP contribution in [0.5, 0.6) is 11.5 Å². The van der Waals surface area contributed by atoms with E-state index in [0.717, 1.165) is 10.5 Å². The first kappa shape index (κ1) is 11.7. The molecule has 0 bridgehead atoms. The van der Waals surface area contributed by atoms with Crippen molar-refractivity contribution in [3.63, 3.8) is 0 Å². The van der Waals surface area contributed by atoms with Gasteiger partial charge < -0.3 is 4.74 Å². The lowest BCUT2D eigenvalue weighted by Gasteiger charge is -2.06. The lowest BCUT2D eigenvalue weighted by Crippen LogP contribution is -1.91. The van der Waals surface area contributed by atoms with Gasteiger partial charge in [0.1, 0.15) is 12.0 Å². The third-order valence-corrected chi connectivity index (χ3v) is 2.43. The number of pyridine rings is 1. The molecule has 0 amide bonds. The topological polar surface area (TPSA) is 39.2 Å². The summed E-state index contributed by atoms with van der Waals surface area (Å²) in [6.07, 6.45) is 3.64. The maximum Gasteiger partial charge on any atom is 0.166 e. The van der Waals surface area contributed by atoms with Crippen LogP contribution >= 0.6 is 15.9 Å². The molecule has 0 spiro atoms. The van der Waals surface area contributed by atoms with Crippen LogP contribution in [0.1, 0.15) is 10.4 Å². The van der Waals surface area contributed by atoms with Gasteiger partial charge in [0.2, 0.25) is 0 Å². The summed E-state index contributed by atoms with van der Waals surface area (Å²) in [6, 6.07) is 5.67. The molecule has 0 aliphatic carbocycles. The molecule has 1 heterocycles. The molecule has 1 aromatic carbocycles. The monoisotopic (exact) mass is 295 g/mol. The van der Waals surface area contributed by atoms with Crippen molar-refractivity contribution in [1.29, 1.82) is 0 Å². The van der Waals surface area contributed by atoms with Crippen molar-refractivity contribution >= 4 is 22.2 Å². The number of nitrogens with zero attached hydrogens (tertiary/aromatic N) is 1. The summed E-state index contributed by atoms with van der Waals surface area (Å²) in [7, 11) is 0. The van der Waals surface area contributed by atoms with Crippen LogP contribution in [0.25, 0.3) is 0 Å². The summed E-state index contributed by atoms with van der Waals surface area (Å²) >= 11 is 3.23. The third kappa shape index (κ3) is 2.88. The molecule has 0 N–H and O–H groups in total. The highest BCUT2D eigenvalue weighted by Gasteiger charge is 2.06. The Morgan fingerprint density at radius 3 is 2.76 bits per heavy atom. The van der Waals surface area contributed by atoms with Crippen LogP contribution in [0.3, 0.4) is 0 Å². The molecule has 0 atom stereocenters. The standard InChI is InChI=1S/C12H7BrFNO2/c13-9-4-10(6-15-5-9)17-12-2-1-8(7-16)3-11(12)14/h1-7H. The van der Waals surface area contributed by atoms with Crippen molar-refractivity contribution < 1.29 is 13.9 Å². The SMILES string of the molecule is O=Cc1ccc(Oc2cncc(Br)c2)c(F)c1. The average Bonchev–Trinajstić information content (AvgIpc) is 2.32. The molecule has 0 radical (unpaired) electrons. The van der Waals surface area contributed by atoms with Gasteiger partial charge in [-0.25, -0.2) is 4.39 Å². The van der Waals surface area contributed by atoms with Gasteiger partial charge in [-0.15, -0.1) is 0 Å². The van der Waals surface area contributed by atoms with Gasteiger partial charge in [-0.1, -0.05) is 0 Å². The van der Waals surface area contributed by atoms with Crippen molar-refractivity contribution in [3.05, 3.63) is 52.5 Å². The number of hydrogen-bond acceptors (Lipinski definition) is 3. The molecule has 0 unspecified atom stereocenters. The minimum Gasteiger partial charge on any atom is -0.453 e. The van der Waals surface area contributed by atoms with Crippen LogP contribution in [0.4, 0.5) is 4.39 Å². The van der Waals surface area contributed by atoms with Crippen molar-refractivity contribution in [2.24, 2.45) is 0 Å². The minimum atomic E-state index is -0.588. The van der Waals surface area contributed by atoms with Crippen molar-refractivity contribution in [2.45, 2.75) is 0 Å². The number of hydrogen-bond donors (Lipinski definition) is 0. The second kappa shape index (κ2) is 5.05. The minimum absolute atomic E-state index is 0.0514. The first-order valence-electron chi connectivity index (χ1n) is 4.72. The summed E-state index contributed by atoms with van der Waals surface area (Å²) in [6.45, 7) is 0. The van der Waals surface area contributed by atoms with Gasteiger partial charge in [-0.3, -0.25) is 9.78 Å². The molecule has 0 aliphatic rings. The lowest BCUT2D eigenvalue weighted by molar-refractivity contribution is 0.112. The number of carbonyl (C=O) groups is 1. The third-order valence-electron chi connectivity index (χ3n) is 2.00. The van der Waals surface area contributed by atoms with Gasteiger partial charge in [0.15, 0.2) is 11.6 Å². The van der Waals surface area contributed by atoms with Crippen LogP contribution in [0, 0.1) is 5.82 Å². The summed E-state index contributed by atoms with van der Waals surface area (Å²) in [4.78, 5) is 14.3. The van der Waals surface area contributed by atoms with Gasteiger partial charge in [0.05, 0.1) is 6.20 Å². The van der Waals surface area contributed by atoms with Gasteiger partial charge in [0, 0.05) is 16.2 Å². The van der Waals surface area contributed by atoms with Crippen LogP contribution in [-0.2, 0) is 0 Å². The fourth-order valence-corrected chi connectivity index (χ4v) is 1.59. The molecule has 2 aromatic rings. The Bertz CT molecular complexity index is 560. The molecule has 0 saturated carbocycles. The van der Waals surface area contributed by atoms with E-state index in [-0.39, 0.29) is 11.3 Å². The van der Waals surface area contributed by atoms with Crippen molar-refractivity contribution in [2.75, 3.05) is 0 Å². The van der Waals surface area contributed by atoms with E-state index >= 15 is 0 Å². The number of carbonyl (C=O) groups excluding carboxylic acids is 1. The van der Waals surface area contributed by atoms with Gasteiger partial charge in [-0.2, -0.15) is 0 Å². The van der Waals surface area contributed by atoms with E-state index in [0.29, 0.717) is 12.0 Å². The summed E-state index contributed by atoms with van der Waals surface area (Å²) in [5.74, 6) is -0.123. The van der Waals surface area contributed by atoms with E-state index < -0.39 is 5.82 Å². The lowest BCUT2D eigenvalue weighted by atomic mass is 10.2. The molecule has 86 valence electrons. The Hall–Kier alpha value is -1.75. The molecule has 0 fully saturated rings. The summed E-state index contributed by atoms with van der Waals surface area (Å²) in [5.41, 5.74) is 0.266. The predicted molar refractivity (Wildman–Crippen MR) is 63.8 cm³/mol. The first-order valence-corrected chi connectivity index (χ1v) is 5.51. The highest BCUT2D eigenvalue weighted by molar-refractivity contribution is 9.10. The number of benzene rings is 1. The Morgan fingerprint density at radius 2 is 2.12 bits per heavy atom. The number of aromatic nitrogens is 1. The number of ether oxygens (including phenoxy) is 1. The smallest absolute Gasteiger partial charge is 0.166 e. The zero-order chi connectivity index (χ0) is 12.3. The van der Waals surface area contributed by atoms with Crippen LogP contribution < -0.4 is 4.74 Å². The quantitative estimate of drug-likeness (QED) is 0.813. The summed E-state index contributed by atoms with van der Waals surface area (Å²) < 4.78 is 19.5. The molecular weight excluding hydrogens is 289 g/mol. The van der Waals surface area contributed by atoms with Crippen LogP contribution in [0.2, 0.25) is 0 Å². The van der Waals surface area contributed by atoms with Crippen LogP contribution in [-0.4, -0.2) is 11.3 Å². The predicted octanol–water partition coefficient (Wildman–Crippen LogP) is 3.59. The molecule has 2 rings (SSSR count). The van der Waals surface area contributed by atoms with E-state index in [9.17, 15) is 9.18 Å². The fraction of sp³-hybridized carbons (Fsp3) is 0. The zero-order valence-electron chi connectivity index (χ0n) is 8.56. The largest absolute Gasteiger partial charge is 0.453 e. The van der Waals surface area contributed by atoms with Crippen molar-refractivity contribution in [3.8, 4) is 11.5 Å². The number of halogens is 2. The molecule has 0 aliphatic heterocycles. The van der Waals surface area contributed by atoms with E-state index in [1.165, 1.54) is 18.3 Å². The van der Waals surface area contributed by atoms with Crippen LogP contribution in [0.15, 0.2) is 41.1 Å². The van der Waals surface area contributed by atoms with Gasteiger partial charge >= 0.3 is 0 Å². The first-order chi connectivity index (χ1) is 8.19. The highest BCUT2D eigenvalue weighted by Crippen LogP contribution is 2.25. The molecule has 17 heavy (non-hydrogen) atoms. The average molecular weight is 296 g/mol. The Labute approximate surface area is 105 Å². The molecule has 0 saturated heterocycles. The van der Waals surface area contributed by atoms with Crippen molar-refractivity contribution in [1.82, 2.24) is 4.98 Å². The second-order valence-electron chi connectivity index (χ2n) is 3.25. The van der Waals surface area contributed by atoms with E-state index in [4.69, 9.17) is 4.74 Å². The maximum atomic E-state index is 13.5. The van der Waals surface area contributed by atoms with Gasteiger partial charge in [0.25, 0.3) is 0 Å². The van der Waals surface area contributed by atoms with E-state index in [1.807, 2.05) is 0 Å². The summed E-state index contributed by atoms with van der Waals surface area (Å²) in [5, 5.41) is 0. The number of rotatable bonds is 3. The Morgan fingerprint density at radius 1 is 1.29 bits per heavy atom. The Balaban J connectivity index is 2.27. The van der Waals surface area contributed by atoms with Gasteiger partial charge in [-0.05, 0) is 40.2 Å². The fourth-order valence-electron chi connectivity index (χ4n) is 1.25. The highest BCUT2D eigenvalue weighted by atomic mass is 79.9. The molecule has 1 aromatic heterocycles. The molecule has 5 heteroatoms. The Kier molecular flexibility index (Phi) is 3.49.